The maximum atomic E-state index is 11.6. The van der Waals surface area contributed by atoms with Crippen molar-refractivity contribution in [2.24, 2.45) is 0 Å². The number of nitrogens with zero attached hydrogens (tertiary/aromatic N) is 4. The number of hydrogen-bond acceptors (Lipinski definition) is 8. The van der Waals surface area contributed by atoms with E-state index in [-0.39, 0.29) is 11.7 Å². The third-order valence-corrected chi connectivity index (χ3v) is 3.73. The molecule has 10 heteroatoms. The van der Waals surface area contributed by atoms with E-state index in [0.717, 1.165) is 0 Å². The van der Waals surface area contributed by atoms with Crippen molar-refractivity contribution < 1.29 is 14.0 Å². The Hall–Kier alpha value is -1.68. The second-order valence-electron chi connectivity index (χ2n) is 3.17. The van der Waals surface area contributed by atoms with E-state index in [9.17, 15) is 4.79 Å². The summed E-state index contributed by atoms with van der Waals surface area (Å²) >= 11 is 2.51. The molecule has 0 bridgehead atoms. The summed E-state index contributed by atoms with van der Waals surface area (Å²) in [7, 11) is 0. The number of nitrogen functional groups attached to an aromatic ring is 1. The Morgan fingerprint density at radius 3 is 3.11 bits per heavy atom. The third-order valence-electron chi connectivity index (χ3n) is 1.85. The van der Waals surface area contributed by atoms with Gasteiger partial charge >= 0.3 is 5.88 Å². The summed E-state index contributed by atoms with van der Waals surface area (Å²) in [6.07, 6.45) is 1.62. The standard InChI is InChI=1S/C8H10N6O2S2/c1-2-14-3-6(16-13-14)10-5(15)4-17-8-12-11-7(9)18-8/h3H,2,4H2,1H3,(H2-,9,10,11,13,15)/p+1. The van der Waals surface area contributed by atoms with E-state index in [1.807, 2.05) is 6.92 Å². The zero-order valence-electron chi connectivity index (χ0n) is 9.49. The van der Waals surface area contributed by atoms with Crippen molar-refractivity contribution >= 4 is 40.0 Å². The van der Waals surface area contributed by atoms with Gasteiger partial charge in [0.1, 0.15) is 0 Å². The van der Waals surface area contributed by atoms with Crippen LogP contribution in [-0.4, -0.2) is 27.1 Å². The molecule has 2 aromatic rings. The van der Waals surface area contributed by atoms with Gasteiger partial charge in [-0.3, -0.25) is 14.6 Å². The number of anilines is 2. The summed E-state index contributed by atoms with van der Waals surface area (Å²) in [5.74, 6) is 0.328. The first-order chi connectivity index (χ1) is 8.67. The summed E-state index contributed by atoms with van der Waals surface area (Å²) in [5.41, 5.74) is 5.43. The van der Waals surface area contributed by atoms with Gasteiger partial charge in [-0.2, -0.15) is 0 Å². The number of rotatable bonds is 5. The quantitative estimate of drug-likeness (QED) is 0.594. The van der Waals surface area contributed by atoms with Crippen LogP contribution in [0.4, 0.5) is 11.0 Å². The van der Waals surface area contributed by atoms with Gasteiger partial charge in [0.2, 0.25) is 16.3 Å². The predicted octanol–water partition coefficient (Wildman–Crippen LogP) is 0.146. The van der Waals surface area contributed by atoms with Crippen LogP contribution in [0.5, 0.6) is 0 Å². The van der Waals surface area contributed by atoms with Crippen LogP contribution in [0.2, 0.25) is 0 Å². The number of carbonyl (C=O) groups is 1. The lowest BCUT2D eigenvalue weighted by Crippen LogP contribution is -2.32. The molecule has 2 heterocycles. The molecule has 0 radical (unpaired) electrons. The zero-order chi connectivity index (χ0) is 13.0. The van der Waals surface area contributed by atoms with Crippen molar-refractivity contribution in [3.63, 3.8) is 0 Å². The van der Waals surface area contributed by atoms with E-state index in [0.29, 0.717) is 21.9 Å². The number of nitrogens with two attached hydrogens (primary N) is 1. The first-order valence-corrected chi connectivity index (χ1v) is 6.85. The maximum absolute atomic E-state index is 11.6. The summed E-state index contributed by atoms with van der Waals surface area (Å²) in [5, 5.41) is 14.1. The molecule has 2 aromatic heterocycles. The van der Waals surface area contributed by atoms with Crippen LogP contribution in [0, 0.1) is 0 Å². The van der Waals surface area contributed by atoms with Crippen LogP contribution in [0.25, 0.3) is 0 Å². The van der Waals surface area contributed by atoms with Crippen LogP contribution < -0.4 is 15.7 Å². The average molecular weight is 287 g/mol. The SMILES string of the molecule is CC[n+]1cc(NC(=O)CSc2nnc(N)s2)on1. The number of carbonyl (C=O) groups excluding carboxylic acids is 1. The topological polar surface area (TPSA) is 111 Å². The Morgan fingerprint density at radius 2 is 2.50 bits per heavy atom. The molecule has 96 valence electrons. The molecule has 0 aromatic carbocycles. The molecule has 1 amide bonds. The Kier molecular flexibility index (Phi) is 4.10. The van der Waals surface area contributed by atoms with Gasteiger partial charge in [0.25, 0.3) is 6.20 Å². The second kappa shape index (κ2) is 5.78. The van der Waals surface area contributed by atoms with Gasteiger partial charge in [-0.25, -0.2) is 0 Å². The second-order valence-corrected chi connectivity index (χ2v) is 5.40. The maximum Gasteiger partial charge on any atom is 0.302 e. The largest absolute Gasteiger partial charge is 0.374 e. The monoisotopic (exact) mass is 287 g/mol. The molecular formula is C8H11N6O2S2+. The van der Waals surface area contributed by atoms with Crippen molar-refractivity contribution in [3.05, 3.63) is 6.20 Å². The van der Waals surface area contributed by atoms with Crippen LogP contribution in [0.15, 0.2) is 15.1 Å². The predicted molar refractivity (Wildman–Crippen MR) is 66.0 cm³/mol. The van der Waals surface area contributed by atoms with Crippen LogP contribution >= 0.6 is 23.1 Å². The van der Waals surface area contributed by atoms with Crippen molar-refractivity contribution in [2.45, 2.75) is 17.8 Å². The van der Waals surface area contributed by atoms with E-state index < -0.39 is 0 Å². The first kappa shape index (κ1) is 12.8. The van der Waals surface area contributed by atoms with Gasteiger partial charge in [0, 0.05) is 0 Å². The summed E-state index contributed by atoms with van der Waals surface area (Å²) in [6.45, 7) is 2.60. The summed E-state index contributed by atoms with van der Waals surface area (Å²) < 4.78 is 7.14. The fourth-order valence-corrected chi connectivity index (χ4v) is 2.50. The molecule has 0 saturated carbocycles. The van der Waals surface area contributed by atoms with Gasteiger partial charge < -0.3 is 5.73 Å². The number of amides is 1. The molecule has 2 rings (SSSR count). The number of aromatic nitrogens is 4. The van der Waals surface area contributed by atoms with Gasteiger partial charge in [-0.15, -0.1) is 10.2 Å². The molecule has 0 atom stereocenters. The van der Waals surface area contributed by atoms with Crippen molar-refractivity contribution in [1.29, 1.82) is 0 Å². The minimum Gasteiger partial charge on any atom is -0.374 e. The number of thioether (sulfide) groups is 1. The van der Waals surface area contributed by atoms with Gasteiger partial charge in [-0.1, -0.05) is 27.8 Å². The fraction of sp³-hybridized carbons (Fsp3) is 0.375. The molecule has 0 saturated heterocycles. The minimum absolute atomic E-state index is 0.201. The molecular weight excluding hydrogens is 276 g/mol. The highest BCUT2D eigenvalue weighted by Crippen LogP contribution is 2.23. The van der Waals surface area contributed by atoms with Crippen LogP contribution in [0.3, 0.4) is 0 Å². The van der Waals surface area contributed by atoms with Crippen molar-refractivity contribution in [1.82, 2.24) is 15.5 Å². The Bertz CT molecular complexity index is 539. The van der Waals surface area contributed by atoms with Crippen molar-refractivity contribution in [3.8, 4) is 0 Å². The zero-order valence-corrected chi connectivity index (χ0v) is 11.1. The fourth-order valence-electron chi connectivity index (χ4n) is 1.06. The van der Waals surface area contributed by atoms with E-state index in [1.165, 1.54) is 23.1 Å². The smallest absolute Gasteiger partial charge is 0.302 e. The van der Waals surface area contributed by atoms with E-state index >= 15 is 0 Å². The highest BCUT2D eigenvalue weighted by molar-refractivity contribution is 8.01. The van der Waals surface area contributed by atoms with Gasteiger partial charge in [-0.05, 0) is 6.92 Å². The highest BCUT2D eigenvalue weighted by Gasteiger charge is 2.13. The Labute approximate surface area is 111 Å². The van der Waals surface area contributed by atoms with Gasteiger partial charge in [0.05, 0.1) is 5.75 Å². The number of hydrogen-bond donors (Lipinski definition) is 2. The van der Waals surface area contributed by atoms with Gasteiger partial charge in [0.15, 0.2) is 10.9 Å². The number of aryl methyl sites for hydroxylation is 1. The molecule has 0 unspecified atom stereocenters. The lowest BCUT2D eigenvalue weighted by Gasteiger charge is -1.96. The van der Waals surface area contributed by atoms with Crippen LogP contribution in [0.1, 0.15) is 6.92 Å². The molecule has 0 aliphatic heterocycles. The molecule has 3 N–H and O–H groups in total. The summed E-state index contributed by atoms with van der Waals surface area (Å²) in [6, 6.07) is 0. The van der Waals surface area contributed by atoms with Crippen molar-refractivity contribution in [2.75, 3.05) is 16.8 Å². The normalized spacial score (nSPS) is 10.5. The molecule has 0 aliphatic carbocycles. The lowest BCUT2D eigenvalue weighted by molar-refractivity contribution is -0.759. The number of nitrogens with one attached hydrogen (secondary N) is 1. The Balaban J connectivity index is 1.81. The molecule has 0 fully saturated rings. The third kappa shape index (κ3) is 3.40. The van der Waals surface area contributed by atoms with Crippen LogP contribution in [-0.2, 0) is 11.3 Å². The first-order valence-electron chi connectivity index (χ1n) is 5.05. The molecule has 0 spiro atoms. The van der Waals surface area contributed by atoms with E-state index in [1.54, 1.807) is 10.9 Å². The van der Waals surface area contributed by atoms with E-state index in [2.05, 4.69) is 20.8 Å². The Morgan fingerprint density at radius 1 is 1.67 bits per heavy atom. The molecule has 0 aliphatic rings. The lowest BCUT2D eigenvalue weighted by atomic mass is 10.6. The molecule has 18 heavy (non-hydrogen) atoms. The van der Waals surface area contributed by atoms with E-state index in [4.69, 9.17) is 10.3 Å². The molecule has 8 nitrogen and oxygen atoms in total. The highest BCUT2D eigenvalue weighted by atomic mass is 32.2. The summed E-state index contributed by atoms with van der Waals surface area (Å²) in [4.78, 5) is 11.6. The minimum atomic E-state index is -0.201. The average Bonchev–Trinajstić information content (AvgIpc) is 2.95.